The fourth-order valence-corrected chi connectivity index (χ4v) is 5.15. The van der Waals surface area contributed by atoms with Gasteiger partial charge < -0.3 is 4.74 Å². The zero-order chi connectivity index (χ0) is 17.8. The molecule has 1 heterocycles. The molecule has 5 nitrogen and oxygen atoms in total. The van der Waals surface area contributed by atoms with E-state index in [4.69, 9.17) is 4.74 Å². The van der Waals surface area contributed by atoms with Gasteiger partial charge in [-0.3, -0.25) is 14.5 Å². The topological polar surface area (TPSA) is 63.7 Å². The summed E-state index contributed by atoms with van der Waals surface area (Å²) in [6.45, 7) is -0.295. The van der Waals surface area contributed by atoms with Crippen LogP contribution in [-0.2, 0) is 14.4 Å². The van der Waals surface area contributed by atoms with Crippen LogP contribution in [0.25, 0.3) is 10.8 Å². The Morgan fingerprint density at radius 2 is 1.62 bits per heavy atom. The molecular formula is C21H19NO4. The number of imide groups is 1. The van der Waals surface area contributed by atoms with Crippen molar-refractivity contribution in [3.05, 3.63) is 42.5 Å². The van der Waals surface area contributed by atoms with E-state index in [-0.39, 0.29) is 30.2 Å². The number of esters is 1. The largest absolute Gasteiger partial charge is 0.425 e. The summed E-state index contributed by atoms with van der Waals surface area (Å²) < 4.78 is 5.39. The van der Waals surface area contributed by atoms with Crippen molar-refractivity contribution in [3.8, 4) is 5.75 Å². The van der Waals surface area contributed by atoms with Crippen LogP contribution < -0.4 is 4.74 Å². The van der Waals surface area contributed by atoms with Gasteiger partial charge in [-0.2, -0.15) is 0 Å². The van der Waals surface area contributed by atoms with Crippen molar-refractivity contribution in [2.24, 2.45) is 23.7 Å². The first-order valence-electron chi connectivity index (χ1n) is 9.16. The maximum Gasteiger partial charge on any atom is 0.331 e. The Bertz CT molecular complexity index is 909. The molecular weight excluding hydrogens is 330 g/mol. The summed E-state index contributed by atoms with van der Waals surface area (Å²) in [5, 5.41) is 2.03. The molecule has 5 rings (SSSR count). The number of rotatable bonds is 3. The third-order valence-corrected chi connectivity index (χ3v) is 6.26. The van der Waals surface area contributed by atoms with E-state index >= 15 is 0 Å². The highest BCUT2D eigenvalue weighted by atomic mass is 16.5. The minimum atomic E-state index is -0.575. The van der Waals surface area contributed by atoms with Crippen molar-refractivity contribution in [3.63, 3.8) is 0 Å². The fourth-order valence-electron chi connectivity index (χ4n) is 5.15. The summed E-state index contributed by atoms with van der Waals surface area (Å²) in [4.78, 5) is 38.7. The molecule has 0 N–H and O–H groups in total. The van der Waals surface area contributed by atoms with Crippen LogP contribution in [0.4, 0.5) is 0 Å². The molecule has 2 aliphatic carbocycles. The van der Waals surface area contributed by atoms with Crippen molar-refractivity contribution in [2.45, 2.75) is 19.3 Å². The molecule has 0 unspecified atom stereocenters. The summed E-state index contributed by atoms with van der Waals surface area (Å²) in [7, 11) is 0. The minimum absolute atomic E-state index is 0.178. The Kier molecular flexibility index (Phi) is 3.39. The van der Waals surface area contributed by atoms with E-state index < -0.39 is 5.97 Å². The van der Waals surface area contributed by atoms with E-state index in [1.807, 2.05) is 30.3 Å². The minimum Gasteiger partial charge on any atom is -0.425 e. The first-order valence-corrected chi connectivity index (χ1v) is 9.16. The SMILES string of the molecule is O=C(CN1C(=O)[C@H]2[C@H]3CC[C@@H](C3)[C@@H]2C1=O)Oc1ccc2ccccc2c1. The van der Waals surface area contributed by atoms with E-state index in [2.05, 4.69) is 0 Å². The molecule has 5 heteroatoms. The molecule has 2 aromatic carbocycles. The van der Waals surface area contributed by atoms with Crippen LogP contribution in [0.5, 0.6) is 5.75 Å². The lowest BCUT2D eigenvalue weighted by Crippen LogP contribution is -2.38. The second-order valence-electron chi connectivity index (χ2n) is 7.63. The standard InChI is InChI=1S/C21H19NO4/c23-17(26-16-8-7-12-3-1-2-4-13(12)10-16)11-22-20(24)18-14-5-6-15(9-14)19(18)21(22)25/h1-4,7-8,10,14-15,18-19H,5-6,9,11H2/t14-,15-,18-,19-/m0/s1. The van der Waals surface area contributed by atoms with Gasteiger partial charge in [-0.05, 0) is 54.0 Å². The Labute approximate surface area is 150 Å². The van der Waals surface area contributed by atoms with Crippen molar-refractivity contribution < 1.29 is 19.1 Å². The summed E-state index contributed by atoms with van der Waals surface area (Å²) in [5.41, 5.74) is 0. The average Bonchev–Trinajstić information content (AvgIpc) is 3.32. The first-order chi connectivity index (χ1) is 12.6. The third-order valence-electron chi connectivity index (χ3n) is 6.26. The maximum absolute atomic E-state index is 12.6. The van der Waals surface area contributed by atoms with Gasteiger partial charge in [-0.25, -0.2) is 4.79 Å². The Morgan fingerprint density at radius 3 is 2.31 bits per heavy atom. The van der Waals surface area contributed by atoms with Gasteiger partial charge in [0.1, 0.15) is 12.3 Å². The van der Waals surface area contributed by atoms with E-state index in [0.717, 1.165) is 34.9 Å². The lowest BCUT2D eigenvalue weighted by molar-refractivity contribution is -0.148. The van der Waals surface area contributed by atoms with Gasteiger partial charge in [0.2, 0.25) is 11.8 Å². The van der Waals surface area contributed by atoms with Crippen molar-refractivity contribution >= 4 is 28.6 Å². The monoisotopic (exact) mass is 349 g/mol. The molecule has 3 fully saturated rings. The number of hydrogen-bond donors (Lipinski definition) is 0. The molecule has 26 heavy (non-hydrogen) atoms. The molecule has 4 atom stereocenters. The summed E-state index contributed by atoms with van der Waals surface area (Å²) >= 11 is 0. The van der Waals surface area contributed by atoms with Gasteiger partial charge in [0.05, 0.1) is 11.8 Å². The Balaban J connectivity index is 1.31. The number of fused-ring (bicyclic) bond motifs is 6. The number of nitrogens with zero attached hydrogens (tertiary/aromatic N) is 1. The highest BCUT2D eigenvalue weighted by molar-refractivity contribution is 6.07. The fraction of sp³-hybridized carbons (Fsp3) is 0.381. The summed E-state index contributed by atoms with van der Waals surface area (Å²) in [5.74, 6) is -0.261. The number of carbonyl (C=O) groups excluding carboxylic acids is 3. The lowest BCUT2D eigenvalue weighted by atomic mass is 9.81. The highest BCUT2D eigenvalue weighted by Gasteiger charge is 2.61. The van der Waals surface area contributed by atoms with Gasteiger partial charge in [0, 0.05) is 0 Å². The van der Waals surface area contributed by atoms with Gasteiger partial charge in [-0.1, -0.05) is 30.3 Å². The summed E-state index contributed by atoms with van der Waals surface area (Å²) in [6.07, 6.45) is 3.04. The van der Waals surface area contributed by atoms with Crippen LogP contribution in [0, 0.1) is 23.7 Å². The number of likely N-dealkylation sites (tertiary alicyclic amines) is 1. The maximum atomic E-state index is 12.6. The van der Waals surface area contributed by atoms with Gasteiger partial charge in [0.15, 0.2) is 0 Å². The number of hydrogen-bond acceptors (Lipinski definition) is 4. The van der Waals surface area contributed by atoms with Crippen LogP contribution in [0.3, 0.4) is 0 Å². The molecule has 2 aromatic rings. The zero-order valence-electron chi connectivity index (χ0n) is 14.3. The molecule has 0 radical (unpaired) electrons. The van der Waals surface area contributed by atoms with Crippen molar-refractivity contribution in [1.82, 2.24) is 4.90 Å². The lowest BCUT2D eigenvalue weighted by Gasteiger charge is -2.19. The molecule has 1 aliphatic heterocycles. The van der Waals surface area contributed by atoms with E-state index in [1.165, 1.54) is 0 Å². The number of benzene rings is 2. The van der Waals surface area contributed by atoms with Crippen LogP contribution in [0.1, 0.15) is 19.3 Å². The van der Waals surface area contributed by atoms with E-state index in [9.17, 15) is 14.4 Å². The van der Waals surface area contributed by atoms with Crippen LogP contribution >= 0.6 is 0 Å². The predicted molar refractivity (Wildman–Crippen MR) is 94.1 cm³/mol. The molecule has 132 valence electrons. The zero-order valence-corrected chi connectivity index (χ0v) is 14.3. The molecule has 2 bridgehead atoms. The first kappa shape index (κ1) is 15.6. The van der Waals surface area contributed by atoms with Crippen molar-refractivity contribution in [2.75, 3.05) is 6.54 Å². The van der Waals surface area contributed by atoms with Crippen LogP contribution in [-0.4, -0.2) is 29.2 Å². The van der Waals surface area contributed by atoms with Crippen LogP contribution in [0.15, 0.2) is 42.5 Å². The molecule has 3 aliphatic rings. The van der Waals surface area contributed by atoms with Gasteiger partial charge >= 0.3 is 5.97 Å². The predicted octanol–water partition coefficient (Wildman–Crippen LogP) is 2.78. The van der Waals surface area contributed by atoms with E-state index in [0.29, 0.717) is 17.6 Å². The number of carbonyl (C=O) groups is 3. The number of amides is 2. The second-order valence-corrected chi connectivity index (χ2v) is 7.63. The molecule has 2 amide bonds. The molecule has 0 spiro atoms. The quantitative estimate of drug-likeness (QED) is 0.486. The summed E-state index contributed by atoms with van der Waals surface area (Å²) in [6, 6.07) is 13.2. The van der Waals surface area contributed by atoms with E-state index in [1.54, 1.807) is 12.1 Å². The highest BCUT2D eigenvalue weighted by Crippen LogP contribution is 2.56. The third kappa shape index (κ3) is 2.26. The molecule has 0 aromatic heterocycles. The Hall–Kier alpha value is -2.69. The average molecular weight is 349 g/mol. The van der Waals surface area contributed by atoms with Crippen molar-refractivity contribution in [1.29, 1.82) is 0 Å². The normalized spacial score (nSPS) is 29.5. The second kappa shape index (κ2) is 5.66. The molecule has 1 saturated heterocycles. The smallest absolute Gasteiger partial charge is 0.331 e. The molecule has 2 saturated carbocycles. The Morgan fingerprint density at radius 1 is 0.962 bits per heavy atom. The van der Waals surface area contributed by atoms with Crippen LogP contribution in [0.2, 0.25) is 0 Å². The van der Waals surface area contributed by atoms with Gasteiger partial charge in [0.25, 0.3) is 0 Å². The number of ether oxygens (including phenoxy) is 1. The van der Waals surface area contributed by atoms with Gasteiger partial charge in [-0.15, -0.1) is 0 Å².